The maximum atomic E-state index is 13.3. The molecule has 0 aliphatic carbocycles. The number of hydrogen-bond acceptors (Lipinski definition) is 8. The van der Waals surface area contributed by atoms with Crippen molar-refractivity contribution < 1.29 is 33.0 Å². The number of carbonyl (C=O) groups is 3. The number of fused-ring (bicyclic) bond motifs is 1. The van der Waals surface area contributed by atoms with Crippen LogP contribution in [0, 0.1) is 10.7 Å². The summed E-state index contributed by atoms with van der Waals surface area (Å²) in [6, 6.07) is 4.38. The number of halogens is 3. The van der Waals surface area contributed by atoms with Gasteiger partial charge in [0, 0.05) is 36.9 Å². The molecule has 0 spiro atoms. The zero-order valence-corrected chi connectivity index (χ0v) is 25.8. The maximum absolute atomic E-state index is 13.3. The monoisotopic (exact) mass is 832 g/mol. The van der Waals surface area contributed by atoms with Gasteiger partial charge >= 0.3 is 11.6 Å². The average molecular weight is 832 g/mol. The van der Waals surface area contributed by atoms with Crippen molar-refractivity contribution in [1.82, 2.24) is 0 Å². The Morgan fingerprint density at radius 2 is 1.39 bits per heavy atom. The summed E-state index contributed by atoms with van der Waals surface area (Å²) in [4.78, 5) is 49.0. The first-order valence-electron chi connectivity index (χ1n) is 10.1. The van der Waals surface area contributed by atoms with Crippen LogP contribution in [0.4, 0.5) is 11.4 Å². The third-order valence-electron chi connectivity index (χ3n) is 4.82. The second-order valence-corrected chi connectivity index (χ2v) is 10.5. The number of anilines is 2. The molecule has 0 bridgehead atoms. The third-order valence-corrected chi connectivity index (χ3v) is 8.05. The van der Waals surface area contributed by atoms with Crippen molar-refractivity contribution in [3.05, 3.63) is 50.5 Å². The summed E-state index contributed by atoms with van der Waals surface area (Å²) in [7, 11) is 2.94. The van der Waals surface area contributed by atoms with E-state index < -0.39 is 11.6 Å². The van der Waals surface area contributed by atoms with Crippen LogP contribution >= 0.6 is 67.8 Å². The number of benzene rings is 2. The lowest BCUT2D eigenvalue weighted by molar-refractivity contribution is -0.115. The van der Waals surface area contributed by atoms with Gasteiger partial charge in [-0.3, -0.25) is 9.59 Å². The van der Waals surface area contributed by atoms with Gasteiger partial charge in [-0.1, -0.05) is 0 Å². The van der Waals surface area contributed by atoms with Crippen LogP contribution in [0.2, 0.25) is 0 Å². The van der Waals surface area contributed by atoms with E-state index in [2.05, 4.69) is 10.6 Å². The average Bonchev–Trinajstić information content (AvgIpc) is 2.81. The van der Waals surface area contributed by atoms with Crippen LogP contribution in [0.5, 0.6) is 11.5 Å². The van der Waals surface area contributed by atoms with E-state index in [1.165, 1.54) is 40.2 Å². The van der Waals surface area contributed by atoms with Crippen molar-refractivity contribution in [1.29, 1.82) is 0 Å². The molecular weight excluding hydrogens is 813 g/mol. The molecule has 13 heteroatoms. The first kappa shape index (κ1) is 28.4. The zero-order valence-electron chi connectivity index (χ0n) is 19.3. The van der Waals surface area contributed by atoms with Crippen LogP contribution in [0.1, 0.15) is 29.8 Å². The number of hydrogen-bond donors (Lipinski definition) is 2. The van der Waals surface area contributed by atoms with E-state index in [-0.39, 0.29) is 29.6 Å². The number of rotatable bonds is 7. The van der Waals surface area contributed by atoms with E-state index in [1.54, 1.807) is 6.07 Å². The lowest BCUT2D eigenvalue weighted by Gasteiger charge is -2.19. The number of esters is 1. The normalized spacial score (nSPS) is 10.6. The summed E-state index contributed by atoms with van der Waals surface area (Å²) < 4.78 is 22.9. The highest BCUT2D eigenvalue weighted by molar-refractivity contribution is 14.1. The van der Waals surface area contributed by atoms with Gasteiger partial charge in [0.2, 0.25) is 11.8 Å². The largest absolute Gasteiger partial charge is 0.493 e. The fourth-order valence-corrected chi connectivity index (χ4v) is 7.45. The van der Waals surface area contributed by atoms with Crippen molar-refractivity contribution in [2.24, 2.45) is 0 Å². The van der Waals surface area contributed by atoms with Crippen LogP contribution in [-0.2, 0) is 20.9 Å². The Morgan fingerprint density at radius 1 is 0.861 bits per heavy atom. The highest BCUT2D eigenvalue weighted by Crippen LogP contribution is 2.39. The van der Waals surface area contributed by atoms with Gasteiger partial charge in [-0.25, -0.2) is 9.59 Å². The summed E-state index contributed by atoms with van der Waals surface area (Å²) in [5.41, 5.74) is 0.932. The SMILES string of the molecule is COc1cc2oc(=O)cc(COC(=O)c3c(I)c(NC(C)=O)c(I)c(NC(C)=O)c3I)c2cc1OC. The van der Waals surface area contributed by atoms with E-state index in [9.17, 15) is 19.2 Å². The second-order valence-electron chi connectivity index (χ2n) is 7.30. The molecule has 1 heterocycles. The minimum Gasteiger partial charge on any atom is -0.493 e. The predicted octanol–water partition coefficient (Wildman–Crippen LogP) is 4.90. The first-order valence-corrected chi connectivity index (χ1v) is 13.3. The smallest absolute Gasteiger partial charge is 0.340 e. The van der Waals surface area contributed by atoms with Gasteiger partial charge in [-0.2, -0.15) is 0 Å². The minimum atomic E-state index is -0.708. The quantitative estimate of drug-likeness (QED) is 0.196. The van der Waals surface area contributed by atoms with Gasteiger partial charge < -0.3 is 29.3 Å². The minimum absolute atomic E-state index is 0.163. The van der Waals surface area contributed by atoms with Crippen molar-refractivity contribution >= 4 is 108 Å². The highest BCUT2D eigenvalue weighted by atomic mass is 127. The van der Waals surface area contributed by atoms with E-state index >= 15 is 0 Å². The summed E-state index contributed by atoms with van der Waals surface area (Å²) in [6.45, 7) is 2.44. The molecule has 10 nitrogen and oxygen atoms in total. The Kier molecular flexibility index (Phi) is 9.42. The predicted molar refractivity (Wildman–Crippen MR) is 158 cm³/mol. The molecule has 1 aromatic heterocycles. The zero-order chi connectivity index (χ0) is 26.7. The molecule has 0 fully saturated rings. The molecule has 0 aliphatic rings. The van der Waals surface area contributed by atoms with Crippen LogP contribution in [0.3, 0.4) is 0 Å². The molecule has 2 N–H and O–H groups in total. The lowest BCUT2D eigenvalue weighted by Crippen LogP contribution is -2.19. The maximum Gasteiger partial charge on any atom is 0.340 e. The van der Waals surface area contributed by atoms with Crippen molar-refractivity contribution in [3.63, 3.8) is 0 Å². The Labute approximate surface area is 246 Å². The molecule has 0 radical (unpaired) electrons. The second kappa shape index (κ2) is 11.9. The fourth-order valence-electron chi connectivity index (χ4n) is 3.30. The van der Waals surface area contributed by atoms with Gasteiger partial charge in [0.05, 0.1) is 41.9 Å². The fraction of sp³-hybridized carbons (Fsp3) is 0.217. The van der Waals surface area contributed by atoms with Crippen molar-refractivity contribution in [2.75, 3.05) is 24.9 Å². The molecule has 0 saturated heterocycles. The topological polar surface area (TPSA) is 133 Å². The molecule has 3 aromatic rings. The summed E-state index contributed by atoms with van der Waals surface area (Å²) in [6.07, 6.45) is 0. The number of nitrogens with one attached hydrogen (secondary N) is 2. The number of methoxy groups -OCH3 is 2. The Bertz CT molecular complexity index is 1410. The number of ether oxygens (including phenoxy) is 3. The van der Waals surface area contributed by atoms with Gasteiger partial charge in [-0.15, -0.1) is 0 Å². The van der Waals surface area contributed by atoms with Crippen LogP contribution in [-0.4, -0.2) is 32.0 Å². The van der Waals surface area contributed by atoms with Crippen LogP contribution in [0.15, 0.2) is 27.4 Å². The van der Waals surface area contributed by atoms with E-state index in [4.69, 9.17) is 18.6 Å². The lowest BCUT2D eigenvalue weighted by atomic mass is 10.1. The van der Waals surface area contributed by atoms with E-state index in [1.807, 2.05) is 67.8 Å². The molecule has 0 atom stereocenters. The molecule has 0 aliphatic heterocycles. The Morgan fingerprint density at radius 3 is 1.89 bits per heavy atom. The molecule has 3 rings (SSSR count). The summed E-state index contributed by atoms with van der Waals surface area (Å²) >= 11 is 5.89. The Hall–Kier alpha value is -2.15. The van der Waals surface area contributed by atoms with Gasteiger partial charge in [0.25, 0.3) is 0 Å². The van der Waals surface area contributed by atoms with E-state index in [0.717, 1.165) is 0 Å². The molecule has 36 heavy (non-hydrogen) atoms. The molecule has 0 unspecified atom stereocenters. The summed E-state index contributed by atoms with van der Waals surface area (Å²) in [5.74, 6) is -0.603. The molecule has 190 valence electrons. The van der Waals surface area contributed by atoms with Gasteiger partial charge in [-0.05, 0) is 73.8 Å². The number of amides is 2. The Balaban J connectivity index is 2.06. The third kappa shape index (κ3) is 6.04. The first-order chi connectivity index (χ1) is 17.0. The molecular formula is C23H19I3N2O8. The standard InChI is InChI=1S/C23H19I3N2O8/c1-9(29)27-21-18(24)17(19(25)22(20(21)26)28-10(2)30)23(32)35-8-11-5-16(31)36-13-7-15(34-4)14(33-3)6-12(11)13/h5-7H,8H2,1-4H3,(H,27,29)(H,28,30). The van der Waals surface area contributed by atoms with Gasteiger partial charge in [0.15, 0.2) is 11.5 Å². The molecule has 2 aromatic carbocycles. The summed E-state index contributed by atoms with van der Waals surface area (Å²) in [5, 5.41) is 5.93. The van der Waals surface area contributed by atoms with E-state index in [0.29, 0.717) is 44.5 Å². The molecule has 2 amide bonds. The number of carbonyl (C=O) groups excluding carboxylic acids is 3. The van der Waals surface area contributed by atoms with Crippen LogP contribution in [0.25, 0.3) is 11.0 Å². The van der Waals surface area contributed by atoms with Gasteiger partial charge in [0.1, 0.15) is 12.2 Å². The van der Waals surface area contributed by atoms with Crippen LogP contribution < -0.4 is 25.7 Å². The van der Waals surface area contributed by atoms with Crippen molar-refractivity contribution in [3.8, 4) is 11.5 Å². The van der Waals surface area contributed by atoms with Crippen molar-refractivity contribution in [2.45, 2.75) is 20.5 Å². The molecule has 0 saturated carbocycles. The highest BCUT2D eigenvalue weighted by Gasteiger charge is 2.27.